The van der Waals surface area contributed by atoms with E-state index in [4.69, 9.17) is 0 Å². The van der Waals surface area contributed by atoms with Gasteiger partial charge in [0.05, 0.1) is 0 Å². The van der Waals surface area contributed by atoms with Crippen molar-refractivity contribution in [3.8, 4) is 0 Å². The van der Waals surface area contributed by atoms with Gasteiger partial charge in [0.25, 0.3) is 0 Å². The molecule has 0 saturated heterocycles. The minimum Gasteiger partial charge on any atom is -0.0683 e. The first-order valence-electron chi connectivity index (χ1n) is 5.68. The maximum absolute atomic E-state index is 2.59. The molecule has 0 rings (SSSR count). The van der Waals surface area contributed by atoms with Gasteiger partial charge in [0.15, 0.2) is 0 Å². The van der Waals surface area contributed by atoms with Gasteiger partial charge in [-0.05, 0) is 0 Å². The molecule has 0 unspecified atom stereocenters. The number of rotatable bonds is 7. The summed E-state index contributed by atoms with van der Waals surface area (Å²) in [6.07, 6.45) is 4.44. The minimum atomic E-state index is 0.270. The lowest BCUT2D eigenvalue weighted by atomic mass is 10.2. The Labute approximate surface area is 83.2 Å². The van der Waals surface area contributed by atoms with Gasteiger partial charge in [-0.2, -0.15) is 0 Å². The summed E-state index contributed by atoms with van der Waals surface area (Å²) in [4.78, 5) is 0. The highest BCUT2D eigenvalue weighted by atomic mass is 28.3. The molecule has 12 heavy (non-hydrogen) atoms. The highest BCUT2D eigenvalue weighted by Gasteiger charge is 2.21. The van der Waals surface area contributed by atoms with Gasteiger partial charge in [0, 0.05) is 19.0 Å². The Morgan fingerprint density at radius 2 is 1.50 bits per heavy atom. The lowest BCUT2D eigenvalue weighted by molar-refractivity contribution is 0.648. The van der Waals surface area contributed by atoms with Crippen LogP contribution in [-0.2, 0) is 0 Å². The number of unbranched alkanes of at least 4 members (excludes halogenated alkanes) is 1. The van der Waals surface area contributed by atoms with Crippen molar-refractivity contribution in [3.63, 3.8) is 0 Å². The highest BCUT2D eigenvalue weighted by Crippen LogP contribution is 2.31. The summed E-state index contributed by atoms with van der Waals surface area (Å²) in [6.45, 7) is 9.69. The quantitative estimate of drug-likeness (QED) is 0.557. The smallest absolute Gasteiger partial charge is 0.0225 e. The number of hydrogen-bond donors (Lipinski definition) is 0. The summed E-state index contributed by atoms with van der Waals surface area (Å²) in [7, 11) is 0.539. The van der Waals surface area contributed by atoms with Gasteiger partial charge >= 0.3 is 0 Å². The lowest BCUT2D eigenvalue weighted by Crippen LogP contribution is -2.23. The first kappa shape index (κ1) is 12.4. The van der Waals surface area contributed by atoms with Crippen molar-refractivity contribution in [2.75, 3.05) is 0 Å². The van der Waals surface area contributed by atoms with Gasteiger partial charge in [-0.3, -0.25) is 0 Å². The van der Waals surface area contributed by atoms with Gasteiger partial charge < -0.3 is 0 Å². The normalized spacial score (nSPS) is 18.0. The van der Waals surface area contributed by atoms with Gasteiger partial charge in [-0.15, -0.1) is 0 Å². The van der Waals surface area contributed by atoms with Crippen LogP contribution in [0.3, 0.4) is 0 Å². The maximum Gasteiger partial charge on any atom is 0.0225 e. The Balaban J connectivity index is 3.80. The molecule has 0 fully saturated rings. The predicted molar refractivity (Wildman–Crippen MR) is 65.9 cm³/mol. The van der Waals surface area contributed by atoms with Crippen molar-refractivity contribution in [2.45, 2.75) is 63.7 Å². The van der Waals surface area contributed by atoms with E-state index in [-0.39, 0.29) is 19.0 Å². The molecule has 0 aromatic heterocycles. The summed E-state index contributed by atoms with van der Waals surface area (Å²) in [5.74, 6) is 0. The van der Waals surface area contributed by atoms with E-state index in [9.17, 15) is 0 Å². The topological polar surface area (TPSA) is 0 Å². The average Bonchev–Trinajstić information content (AvgIpc) is 2.02. The molecule has 0 nitrogen and oxygen atoms in total. The van der Waals surface area contributed by atoms with E-state index in [1.807, 2.05) is 0 Å². The van der Waals surface area contributed by atoms with Gasteiger partial charge in [-0.25, -0.2) is 0 Å². The average molecular weight is 202 g/mol. The molecular weight excluding hydrogens is 176 g/mol. The van der Waals surface area contributed by atoms with Crippen molar-refractivity contribution in [1.29, 1.82) is 0 Å². The van der Waals surface area contributed by atoms with Crippen LogP contribution in [0.15, 0.2) is 0 Å². The minimum absolute atomic E-state index is 0.270. The molecule has 2 heteroatoms. The zero-order valence-electron chi connectivity index (χ0n) is 9.45. The molecule has 0 radical (unpaired) electrons. The van der Waals surface area contributed by atoms with Crippen LogP contribution in [0.2, 0.25) is 16.7 Å². The Morgan fingerprint density at radius 1 is 1.00 bits per heavy atom. The Morgan fingerprint density at radius 3 is 1.83 bits per heavy atom. The van der Waals surface area contributed by atoms with Crippen molar-refractivity contribution in [3.05, 3.63) is 0 Å². The van der Waals surface area contributed by atoms with E-state index in [1.54, 1.807) is 6.42 Å². The van der Waals surface area contributed by atoms with Crippen LogP contribution < -0.4 is 0 Å². The summed E-state index contributed by atoms with van der Waals surface area (Å²) >= 11 is 0. The van der Waals surface area contributed by atoms with E-state index >= 15 is 0 Å². The second kappa shape index (κ2) is 6.90. The van der Waals surface area contributed by atoms with Crippen LogP contribution in [-0.4, -0.2) is 19.0 Å². The molecule has 0 aromatic rings. The second-order valence-corrected chi connectivity index (χ2v) is 11.8. The molecule has 0 saturated carbocycles. The Bertz CT molecular complexity index is 96.0. The summed E-state index contributed by atoms with van der Waals surface area (Å²) in [5.41, 5.74) is 0. The molecule has 74 valence electrons. The largest absolute Gasteiger partial charge is 0.0683 e. The third-order valence-corrected chi connectivity index (χ3v) is 9.08. The zero-order chi connectivity index (χ0) is 9.45. The van der Waals surface area contributed by atoms with Crippen LogP contribution in [0, 0.1) is 0 Å². The van der Waals surface area contributed by atoms with Crippen LogP contribution >= 0.6 is 0 Å². The molecule has 0 amide bonds. The standard InChI is InChI=1S/C10H26Si2/c1-5-8-9-10(4,11-6-2)12-7-3/h5-9,11-12H2,1-4H3. The number of hydrogen-bond acceptors (Lipinski definition) is 0. The van der Waals surface area contributed by atoms with Crippen molar-refractivity contribution in [2.24, 2.45) is 0 Å². The predicted octanol–water partition coefficient (Wildman–Crippen LogP) is 2.53. The third kappa shape index (κ3) is 5.15. The van der Waals surface area contributed by atoms with Gasteiger partial charge in [-0.1, -0.05) is 63.7 Å². The molecule has 0 spiro atoms. The molecule has 0 bridgehead atoms. The molecule has 0 aliphatic carbocycles. The summed E-state index contributed by atoms with van der Waals surface area (Å²) in [6, 6.07) is 3.04. The molecule has 0 aliphatic heterocycles. The zero-order valence-corrected chi connectivity index (χ0v) is 12.3. The van der Waals surface area contributed by atoms with Crippen LogP contribution in [0.4, 0.5) is 0 Å². The van der Waals surface area contributed by atoms with E-state index in [2.05, 4.69) is 27.7 Å². The van der Waals surface area contributed by atoms with Crippen LogP contribution in [0.1, 0.15) is 47.0 Å². The fourth-order valence-electron chi connectivity index (χ4n) is 2.19. The Kier molecular flexibility index (Phi) is 7.15. The first-order chi connectivity index (χ1) is 5.68. The molecule has 0 aliphatic rings. The third-order valence-electron chi connectivity index (χ3n) is 2.84. The van der Waals surface area contributed by atoms with E-state index in [1.165, 1.54) is 24.9 Å². The summed E-state index contributed by atoms with van der Waals surface area (Å²) < 4.78 is 0.930. The molecule has 0 atom stereocenters. The van der Waals surface area contributed by atoms with Crippen molar-refractivity contribution >= 4 is 19.0 Å². The lowest BCUT2D eigenvalue weighted by Gasteiger charge is -2.28. The first-order valence-corrected chi connectivity index (χ1v) is 9.10. The summed E-state index contributed by atoms with van der Waals surface area (Å²) in [5, 5.41) is 0. The SMILES string of the molecule is CCCCC(C)([SiH2]CC)[SiH2]CC. The van der Waals surface area contributed by atoms with Gasteiger partial charge in [0.1, 0.15) is 0 Å². The molecular formula is C10H26Si2. The van der Waals surface area contributed by atoms with Crippen molar-refractivity contribution in [1.82, 2.24) is 0 Å². The highest BCUT2D eigenvalue weighted by molar-refractivity contribution is 6.61. The van der Waals surface area contributed by atoms with E-state index < -0.39 is 0 Å². The maximum atomic E-state index is 2.59. The van der Waals surface area contributed by atoms with E-state index in [0.717, 1.165) is 4.66 Å². The molecule has 0 aromatic carbocycles. The van der Waals surface area contributed by atoms with Gasteiger partial charge in [0.2, 0.25) is 0 Å². The Hall–Kier alpha value is 0.434. The monoisotopic (exact) mass is 202 g/mol. The van der Waals surface area contributed by atoms with Crippen LogP contribution in [0.25, 0.3) is 0 Å². The second-order valence-electron chi connectivity index (χ2n) is 4.41. The molecule has 0 heterocycles. The fourth-order valence-corrected chi connectivity index (χ4v) is 8.72. The van der Waals surface area contributed by atoms with E-state index in [0.29, 0.717) is 0 Å². The van der Waals surface area contributed by atoms with Crippen molar-refractivity contribution < 1.29 is 0 Å². The fraction of sp³-hybridized carbons (Fsp3) is 1.00. The van der Waals surface area contributed by atoms with Crippen LogP contribution in [0.5, 0.6) is 0 Å². The molecule has 0 N–H and O–H groups in total.